The summed E-state index contributed by atoms with van der Waals surface area (Å²) in [4.78, 5) is 28.7. The van der Waals surface area contributed by atoms with Crippen molar-refractivity contribution >= 4 is 22.8 Å². The van der Waals surface area contributed by atoms with E-state index in [1.54, 1.807) is 0 Å². The number of amides is 1. The van der Waals surface area contributed by atoms with Crippen LogP contribution in [0.1, 0.15) is 28.0 Å². The van der Waals surface area contributed by atoms with E-state index in [9.17, 15) is 9.59 Å². The van der Waals surface area contributed by atoms with Crippen LogP contribution in [0, 0.1) is 12.3 Å². The summed E-state index contributed by atoms with van der Waals surface area (Å²) in [5, 5.41) is 3.23. The molecule has 1 aliphatic rings. The molecular formula is C18H16N2O3. The second-order valence-corrected chi connectivity index (χ2v) is 5.34. The van der Waals surface area contributed by atoms with Crippen LogP contribution in [0.25, 0.3) is 10.9 Å². The molecule has 0 saturated carbocycles. The number of pyridine rings is 1. The maximum Gasteiger partial charge on any atom is 0.339 e. The first-order chi connectivity index (χ1) is 11.2. The van der Waals surface area contributed by atoms with Crippen molar-refractivity contribution in [1.82, 2.24) is 10.3 Å². The summed E-state index contributed by atoms with van der Waals surface area (Å²) in [6.45, 7) is -0.226. The van der Waals surface area contributed by atoms with Gasteiger partial charge in [0.2, 0.25) is 0 Å². The smallest absolute Gasteiger partial charge is 0.339 e. The minimum absolute atomic E-state index is 0.115. The molecule has 0 atom stereocenters. The van der Waals surface area contributed by atoms with Gasteiger partial charge >= 0.3 is 5.97 Å². The molecule has 1 aromatic carbocycles. The van der Waals surface area contributed by atoms with E-state index in [0.717, 1.165) is 41.4 Å². The number of para-hydroxylation sites is 1. The molecule has 23 heavy (non-hydrogen) atoms. The number of aromatic nitrogens is 1. The Labute approximate surface area is 134 Å². The Morgan fingerprint density at radius 1 is 1.30 bits per heavy atom. The van der Waals surface area contributed by atoms with Crippen LogP contribution in [0.3, 0.4) is 0 Å². The van der Waals surface area contributed by atoms with E-state index < -0.39 is 11.9 Å². The number of fused-ring (bicyclic) bond motifs is 2. The van der Waals surface area contributed by atoms with Crippen molar-refractivity contribution in [1.29, 1.82) is 0 Å². The Morgan fingerprint density at radius 2 is 2.13 bits per heavy atom. The monoisotopic (exact) mass is 308 g/mol. The van der Waals surface area contributed by atoms with Gasteiger partial charge in [-0.1, -0.05) is 24.1 Å². The first-order valence-electron chi connectivity index (χ1n) is 7.48. The van der Waals surface area contributed by atoms with Gasteiger partial charge in [-0.3, -0.25) is 9.78 Å². The molecule has 0 fully saturated rings. The molecule has 5 heteroatoms. The highest BCUT2D eigenvalue weighted by Crippen LogP contribution is 2.30. The molecule has 2 aromatic rings. The van der Waals surface area contributed by atoms with Crippen molar-refractivity contribution in [3.8, 4) is 12.3 Å². The second-order valence-electron chi connectivity index (χ2n) is 5.34. The lowest BCUT2D eigenvalue weighted by molar-refractivity contribution is -0.123. The van der Waals surface area contributed by atoms with Gasteiger partial charge in [-0.2, -0.15) is 0 Å². The number of carbonyl (C=O) groups is 2. The zero-order valence-electron chi connectivity index (χ0n) is 12.6. The third kappa shape index (κ3) is 3.02. The fourth-order valence-electron chi connectivity index (χ4n) is 2.85. The summed E-state index contributed by atoms with van der Waals surface area (Å²) < 4.78 is 5.17. The summed E-state index contributed by atoms with van der Waals surface area (Å²) in [6.07, 6.45) is 7.71. The van der Waals surface area contributed by atoms with Gasteiger partial charge in [0.1, 0.15) is 0 Å². The fourth-order valence-corrected chi connectivity index (χ4v) is 2.85. The Morgan fingerprint density at radius 3 is 2.96 bits per heavy atom. The van der Waals surface area contributed by atoms with Gasteiger partial charge in [0.05, 0.1) is 17.6 Å². The number of hydrogen-bond acceptors (Lipinski definition) is 4. The standard InChI is InChI=1S/C18H16N2O3/c1-2-10-19-16(21)11-23-18(22)17-12-6-3-4-8-14(12)20-15-9-5-7-13(15)17/h1,3-4,6,8H,5,7,9-11H2,(H,19,21). The highest BCUT2D eigenvalue weighted by atomic mass is 16.5. The molecule has 1 aromatic heterocycles. The molecule has 0 saturated heterocycles. The maximum absolute atomic E-state index is 12.5. The number of hydrogen-bond donors (Lipinski definition) is 1. The van der Waals surface area contributed by atoms with Crippen molar-refractivity contribution in [3.63, 3.8) is 0 Å². The number of carbonyl (C=O) groups excluding carboxylic acids is 2. The average molecular weight is 308 g/mol. The lowest BCUT2D eigenvalue weighted by atomic mass is 10.0. The maximum atomic E-state index is 12.5. The molecule has 1 N–H and O–H groups in total. The molecule has 3 rings (SSSR count). The lowest BCUT2D eigenvalue weighted by Crippen LogP contribution is -2.29. The predicted octanol–water partition coefficient (Wildman–Crippen LogP) is 1.63. The second kappa shape index (κ2) is 6.49. The number of benzene rings is 1. The lowest BCUT2D eigenvalue weighted by Gasteiger charge is -2.12. The van der Waals surface area contributed by atoms with Gasteiger partial charge in [-0.05, 0) is 30.9 Å². The van der Waals surface area contributed by atoms with Gasteiger partial charge in [0.15, 0.2) is 6.61 Å². The third-order valence-corrected chi connectivity index (χ3v) is 3.85. The van der Waals surface area contributed by atoms with Crippen LogP contribution < -0.4 is 5.32 Å². The topological polar surface area (TPSA) is 68.3 Å². The molecule has 0 aliphatic heterocycles. The van der Waals surface area contributed by atoms with Crippen LogP contribution in [-0.2, 0) is 22.4 Å². The largest absolute Gasteiger partial charge is 0.452 e. The number of nitrogens with one attached hydrogen (secondary N) is 1. The number of esters is 1. The van der Waals surface area contributed by atoms with E-state index in [2.05, 4.69) is 16.2 Å². The Bertz CT molecular complexity index is 821. The number of ether oxygens (including phenoxy) is 1. The van der Waals surface area contributed by atoms with Crippen LogP contribution >= 0.6 is 0 Å². The summed E-state index contributed by atoms with van der Waals surface area (Å²) in [5.74, 6) is 1.40. The zero-order valence-corrected chi connectivity index (χ0v) is 12.6. The van der Waals surface area contributed by atoms with E-state index in [4.69, 9.17) is 11.2 Å². The van der Waals surface area contributed by atoms with Gasteiger partial charge in [0, 0.05) is 11.1 Å². The van der Waals surface area contributed by atoms with E-state index >= 15 is 0 Å². The molecule has 0 unspecified atom stereocenters. The molecule has 1 amide bonds. The fraction of sp³-hybridized carbons (Fsp3) is 0.278. The molecule has 1 aliphatic carbocycles. The number of nitrogens with zero attached hydrogens (tertiary/aromatic N) is 1. The molecule has 0 spiro atoms. The average Bonchev–Trinajstić information content (AvgIpc) is 3.03. The Hall–Kier alpha value is -2.87. The number of rotatable bonds is 4. The minimum Gasteiger partial charge on any atom is -0.452 e. The van der Waals surface area contributed by atoms with Gasteiger partial charge in [-0.15, -0.1) is 6.42 Å². The summed E-state index contributed by atoms with van der Waals surface area (Å²) in [5.41, 5.74) is 3.20. The van der Waals surface area contributed by atoms with Crippen molar-refractivity contribution in [3.05, 3.63) is 41.1 Å². The van der Waals surface area contributed by atoms with Crippen molar-refractivity contribution in [2.24, 2.45) is 0 Å². The molecule has 0 bridgehead atoms. The summed E-state index contributed by atoms with van der Waals surface area (Å²) in [7, 11) is 0. The van der Waals surface area contributed by atoms with Crippen molar-refractivity contribution in [2.45, 2.75) is 19.3 Å². The molecule has 116 valence electrons. The predicted molar refractivity (Wildman–Crippen MR) is 85.9 cm³/mol. The molecule has 0 radical (unpaired) electrons. The zero-order chi connectivity index (χ0) is 16.2. The third-order valence-electron chi connectivity index (χ3n) is 3.85. The van der Waals surface area contributed by atoms with Crippen LogP contribution in [0.15, 0.2) is 24.3 Å². The van der Waals surface area contributed by atoms with Crippen LogP contribution in [0.4, 0.5) is 0 Å². The van der Waals surface area contributed by atoms with E-state index in [0.29, 0.717) is 5.56 Å². The van der Waals surface area contributed by atoms with Crippen LogP contribution in [0.2, 0.25) is 0 Å². The molecule has 5 nitrogen and oxygen atoms in total. The first kappa shape index (κ1) is 15.0. The Balaban J connectivity index is 1.88. The minimum atomic E-state index is -0.488. The Kier molecular flexibility index (Phi) is 4.24. The molecular weight excluding hydrogens is 292 g/mol. The van der Waals surface area contributed by atoms with Gasteiger partial charge in [0.25, 0.3) is 5.91 Å². The van der Waals surface area contributed by atoms with Gasteiger partial charge in [-0.25, -0.2) is 4.79 Å². The van der Waals surface area contributed by atoms with Crippen molar-refractivity contribution in [2.75, 3.05) is 13.2 Å². The highest BCUT2D eigenvalue weighted by Gasteiger charge is 2.24. The summed E-state index contributed by atoms with van der Waals surface area (Å²) in [6, 6.07) is 7.49. The number of terminal acetylenes is 1. The van der Waals surface area contributed by atoms with E-state index in [1.165, 1.54) is 0 Å². The highest BCUT2D eigenvalue weighted by molar-refractivity contribution is 6.05. The van der Waals surface area contributed by atoms with Crippen LogP contribution in [0.5, 0.6) is 0 Å². The van der Waals surface area contributed by atoms with Gasteiger partial charge < -0.3 is 10.1 Å². The van der Waals surface area contributed by atoms with E-state index in [1.807, 2.05) is 24.3 Å². The van der Waals surface area contributed by atoms with E-state index in [-0.39, 0.29) is 13.2 Å². The van der Waals surface area contributed by atoms with Crippen LogP contribution in [-0.4, -0.2) is 30.0 Å². The quantitative estimate of drug-likeness (QED) is 0.688. The number of aryl methyl sites for hydroxylation is 1. The molecule has 1 heterocycles. The normalized spacial score (nSPS) is 12.5. The summed E-state index contributed by atoms with van der Waals surface area (Å²) >= 11 is 0. The SMILES string of the molecule is C#CCNC(=O)COC(=O)c1c2c(nc3ccccc13)CCC2. The van der Waals surface area contributed by atoms with Crippen molar-refractivity contribution < 1.29 is 14.3 Å². The first-order valence-corrected chi connectivity index (χ1v) is 7.48.